The first-order valence-corrected chi connectivity index (χ1v) is 7.18. The highest BCUT2D eigenvalue weighted by atomic mass is 35.5. The Morgan fingerprint density at radius 3 is 2.77 bits per heavy atom. The minimum Gasteiger partial charge on any atom is -0.308 e. The SMILES string of the molecule is Cc1cc(C)c(NC(=O)Nc2ccc3[nH]ncc3c2)cc1Cl. The molecule has 3 aromatic rings. The molecule has 0 aliphatic rings. The monoisotopic (exact) mass is 314 g/mol. The molecule has 0 unspecified atom stereocenters. The van der Waals surface area contributed by atoms with Crippen LogP contribution in [0.5, 0.6) is 0 Å². The molecule has 22 heavy (non-hydrogen) atoms. The van der Waals surface area contributed by atoms with Crippen molar-refractivity contribution in [2.45, 2.75) is 13.8 Å². The second-order valence-electron chi connectivity index (χ2n) is 5.17. The molecule has 112 valence electrons. The quantitative estimate of drug-likeness (QED) is 0.653. The Morgan fingerprint density at radius 2 is 1.95 bits per heavy atom. The van der Waals surface area contributed by atoms with Crippen LogP contribution in [0, 0.1) is 13.8 Å². The summed E-state index contributed by atoms with van der Waals surface area (Å²) < 4.78 is 0. The zero-order valence-corrected chi connectivity index (χ0v) is 13.0. The molecular weight excluding hydrogens is 300 g/mol. The number of halogens is 1. The lowest BCUT2D eigenvalue weighted by molar-refractivity contribution is 0.262. The van der Waals surface area contributed by atoms with Crippen LogP contribution in [0.15, 0.2) is 36.5 Å². The van der Waals surface area contributed by atoms with E-state index >= 15 is 0 Å². The molecule has 3 N–H and O–H groups in total. The number of H-pyrrole nitrogens is 1. The van der Waals surface area contributed by atoms with Crippen LogP contribution >= 0.6 is 11.6 Å². The zero-order chi connectivity index (χ0) is 15.7. The molecule has 2 amide bonds. The molecule has 3 rings (SSSR count). The summed E-state index contributed by atoms with van der Waals surface area (Å²) >= 11 is 6.10. The molecule has 0 radical (unpaired) electrons. The maximum absolute atomic E-state index is 12.1. The number of hydrogen-bond acceptors (Lipinski definition) is 2. The predicted octanol–water partition coefficient (Wildman–Crippen LogP) is 4.48. The van der Waals surface area contributed by atoms with Gasteiger partial charge >= 0.3 is 6.03 Å². The van der Waals surface area contributed by atoms with Crippen LogP contribution in [0.25, 0.3) is 10.9 Å². The van der Waals surface area contributed by atoms with Crippen molar-refractivity contribution in [3.05, 3.63) is 52.7 Å². The third-order valence-electron chi connectivity index (χ3n) is 3.45. The zero-order valence-electron chi connectivity index (χ0n) is 12.2. The van der Waals surface area contributed by atoms with Gasteiger partial charge in [-0.25, -0.2) is 4.79 Å². The highest BCUT2D eigenvalue weighted by Gasteiger charge is 2.08. The van der Waals surface area contributed by atoms with Gasteiger partial charge in [0, 0.05) is 21.8 Å². The van der Waals surface area contributed by atoms with Crippen molar-refractivity contribution >= 4 is 39.9 Å². The number of aryl methyl sites for hydroxylation is 2. The van der Waals surface area contributed by atoms with Gasteiger partial charge in [0.2, 0.25) is 0 Å². The summed E-state index contributed by atoms with van der Waals surface area (Å²) in [6.07, 6.45) is 1.71. The van der Waals surface area contributed by atoms with Crippen LogP contribution in [0.2, 0.25) is 5.02 Å². The number of urea groups is 1. The van der Waals surface area contributed by atoms with Crippen molar-refractivity contribution in [3.8, 4) is 0 Å². The van der Waals surface area contributed by atoms with Crippen LogP contribution in [-0.2, 0) is 0 Å². The number of nitrogens with zero attached hydrogens (tertiary/aromatic N) is 1. The third-order valence-corrected chi connectivity index (χ3v) is 3.86. The van der Waals surface area contributed by atoms with Crippen molar-refractivity contribution in [2.24, 2.45) is 0 Å². The van der Waals surface area contributed by atoms with Crippen LogP contribution < -0.4 is 10.6 Å². The number of hydrogen-bond donors (Lipinski definition) is 3. The van der Waals surface area contributed by atoms with E-state index < -0.39 is 0 Å². The van der Waals surface area contributed by atoms with Crippen LogP contribution in [0.1, 0.15) is 11.1 Å². The van der Waals surface area contributed by atoms with E-state index in [0.717, 1.165) is 22.0 Å². The second-order valence-corrected chi connectivity index (χ2v) is 5.57. The number of amides is 2. The summed E-state index contributed by atoms with van der Waals surface area (Å²) in [7, 11) is 0. The smallest absolute Gasteiger partial charge is 0.308 e. The number of nitrogens with one attached hydrogen (secondary N) is 3. The van der Waals surface area contributed by atoms with E-state index in [2.05, 4.69) is 20.8 Å². The fourth-order valence-electron chi connectivity index (χ4n) is 2.27. The number of aromatic amines is 1. The van der Waals surface area contributed by atoms with Gasteiger partial charge < -0.3 is 10.6 Å². The van der Waals surface area contributed by atoms with Gasteiger partial charge in [-0.05, 0) is 49.2 Å². The summed E-state index contributed by atoms with van der Waals surface area (Å²) in [5.74, 6) is 0. The van der Waals surface area contributed by atoms with E-state index in [1.807, 2.05) is 38.1 Å². The highest BCUT2D eigenvalue weighted by molar-refractivity contribution is 6.31. The van der Waals surface area contributed by atoms with Gasteiger partial charge in [0.05, 0.1) is 11.7 Å². The Bertz CT molecular complexity index is 856. The molecular formula is C16H15ClN4O. The van der Waals surface area contributed by atoms with E-state index in [-0.39, 0.29) is 6.03 Å². The number of anilines is 2. The van der Waals surface area contributed by atoms with Gasteiger partial charge in [-0.15, -0.1) is 0 Å². The lowest BCUT2D eigenvalue weighted by Crippen LogP contribution is -2.20. The predicted molar refractivity (Wildman–Crippen MR) is 89.7 cm³/mol. The summed E-state index contributed by atoms with van der Waals surface area (Å²) in [5, 5.41) is 14.0. The van der Waals surface area contributed by atoms with E-state index in [9.17, 15) is 4.79 Å². The lowest BCUT2D eigenvalue weighted by atomic mass is 10.1. The average molecular weight is 315 g/mol. The molecule has 0 bridgehead atoms. The maximum Gasteiger partial charge on any atom is 0.323 e. The van der Waals surface area contributed by atoms with Crippen LogP contribution in [0.4, 0.5) is 16.2 Å². The van der Waals surface area contributed by atoms with Crippen molar-refractivity contribution in [1.82, 2.24) is 10.2 Å². The van der Waals surface area contributed by atoms with Crippen molar-refractivity contribution < 1.29 is 4.79 Å². The molecule has 1 heterocycles. The van der Waals surface area contributed by atoms with Crippen molar-refractivity contribution in [1.29, 1.82) is 0 Å². The van der Waals surface area contributed by atoms with Crippen molar-refractivity contribution in [2.75, 3.05) is 10.6 Å². The molecule has 0 saturated heterocycles. The normalized spacial score (nSPS) is 10.7. The van der Waals surface area contributed by atoms with Crippen LogP contribution in [-0.4, -0.2) is 16.2 Å². The van der Waals surface area contributed by atoms with Gasteiger partial charge in [0.1, 0.15) is 0 Å². The molecule has 0 spiro atoms. The molecule has 6 heteroatoms. The number of aromatic nitrogens is 2. The first-order chi connectivity index (χ1) is 10.5. The maximum atomic E-state index is 12.1. The number of rotatable bonds is 2. The van der Waals surface area contributed by atoms with Gasteiger partial charge in [0.25, 0.3) is 0 Å². The molecule has 0 fully saturated rings. The number of fused-ring (bicyclic) bond motifs is 1. The van der Waals surface area contributed by atoms with Gasteiger partial charge in [0.15, 0.2) is 0 Å². The highest BCUT2D eigenvalue weighted by Crippen LogP contribution is 2.24. The summed E-state index contributed by atoms with van der Waals surface area (Å²) in [6.45, 7) is 3.86. The minimum atomic E-state index is -0.314. The Balaban J connectivity index is 1.76. The molecule has 5 nitrogen and oxygen atoms in total. The molecule has 1 aromatic heterocycles. The van der Waals surface area contributed by atoms with E-state index in [1.165, 1.54) is 0 Å². The largest absolute Gasteiger partial charge is 0.323 e. The lowest BCUT2D eigenvalue weighted by Gasteiger charge is -2.11. The summed E-state index contributed by atoms with van der Waals surface area (Å²) in [6, 6.07) is 8.92. The molecule has 0 aliphatic carbocycles. The Morgan fingerprint density at radius 1 is 1.14 bits per heavy atom. The van der Waals surface area contributed by atoms with Crippen LogP contribution in [0.3, 0.4) is 0 Å². The topological polar surface area (TPSA) is 69.8 Å². The Labute approximate surface area is 132 Å². The second kappa shape index (κ2) is 5.69. The summed E-state index contributed by atoms with van der Waals surface area (Å²) in [4.78, 5) is 12.1. The Hall–Kier alpha value is -2.53. The average Bonchev–Trinajstić information content (AvgIpc) is 2.92. The minimum absolute atomic E-state index is 0.314. The van der Waals surface area contributed by atoms with Gasteiger partial charge in [-0.3, -0.25) is 5.10 Å². The van der Waals surface area contributed by atoms with Crippen molar-refractivity contribution in [3.63, 3.8) is 0 Å². The summed E-state index contributed by atoms with van der Waals surface area (Å²) in [5.41, 5.74) is 4.25. The fourth-order valence-corrected chi connectivity index (χ4v) is 2.43. The third kappa shape index (κ3) is 2.89. The number of carbonyl (C=O) groups is 1. The standard InChI is InChI=1S/C16H15ClN4O/c1-9-5-10(2)15(7-13(9)17)20-16(22)19-12-3-4-14-11(6-12)8-18-21-14/h3-8H,1-2H3,(H,18,21)(H2,19,20,22). The van der Waals surface area contributed by atoms with Gasteiger partial charge in [-0.1, -0.05) is 17.7 Å². The number of carbonyl (C=O) groups excluding carboxylic acids is 1. The fraction of sp³-hybridized carbons (Fsp3) is 0.125. The Kier molecular flexibility index (Phi) is 3.73. The number of benzene rings is 2. The molecule has 2 aromatic carbocycles. The first-order valence-electron chi connectivity index (χ1n) is 6.81. The molecule has 0 aliphatic heterocycles. The van der Waals surface area contributed by atoms with Gasteiger partial charge in [-0.2, -0.15) is 5.10 Å². The first kappa shape index (κ1) is 14.4. The van der Waals surface area contributed by atoms with E-state index in [0.29, 0.717) is 16.4 Å². The molecule has 0 saturated carbocycles. The van der Waals surface area contributed by atoms with E-state index in [4.69, 9.17) is 11.6 Å². The molecule has 0 atom stereocenters. The van der Waals surface area contributed by atoms with E-state index in [1.54, 1.807) is 12.3 Å².